The van der Waals surface area contributed by atoms with Crippen molar-refractivity contribution >= 4 is 17.9 Å². The number of carbonyl (C=O) groups excluding carboxylic acids is 1. The molecule has 0 bridgehead atoms. The number of amides is 1. The lowest BCUT2D eigenvalue weighted by molar-refractivity contribution is -0.113. The lowest BCUT2D eigenvalue weighted by Crippen LogP contribution is -2.23. The Morgan fingerprint density at radius 2 is 2.31 bits per heavy atom. The summed E-state index contributed by atoms with van der Waals surface area (Å²) in [7, 11) is 0. The molecule has 1 amide bonds. The fourth-order valence-corrected chi connectivity index (χ4v) is 0.702. The SMILES string of the molecule is NC(N)=NC(=O)/C=C/c1ccoc1. The van der Waals surface area contributed by atoms with Gasteiger partial charge in [0.05, 0.1) is 12.5 Å². The number of furan rings is 1. The van der Waals surface area contributed by atoms with Crippen molar-refractivity contribution in [2.45, 2.75) is 0 Å². The number of nitrogens with two attached hydrogens (primary N) is 2. The second-order valence-electron chi connectivity index (χ2n) is 2.26. The Hall–Kier alpha value is -2.04. The van der Waals surface area contributed by atoms with Crippen LogP contribution in [0.25, 0.3) is 6.08 Å². The molecule has 0 saturated heterocycles. The minimum Gasteiger partial charge on any atom is -0.472 e. The smallest absolute Gasteiger partial charge is 0.272 e. The number of carbonyl (C=O) groups is 1. The van der Waals surface area contributed by atoms with Crippen molar-refractivity contribution in [3.05, 3.63) is 30.2 Å². The summed E-state index contributed by atoms with van der Waals surface area (Å²) in [4.78, 5) is 14.2. The van der Waals surface area contributed by atoms with Crippen LogP contribution < -0.4 is 11.5 Å². The molecular formula is C8H9N3O2. The minimum absolute atomic E-state index is 0.248. The summed E-state index contributed by atoms with van der Waals surface area (Å²) in [5, 5.41) is 0. The number of rotatable bonds is 2. The van der Waals surface area contributed by atoms with Gasteiger partial charge in [0.15, 0.2) is 5.96 Å². The maximum Gasteiger partial charge on any atom is 0.272 e. The van der Waals surface area contributed by atoms with Gasteiger partial charge in [-0.2, -0.15) is 4.99 Å². The molecule has 0 atom stereocenters. The van der Waals surface area contributed by atoms with Crippen LogP contribution in [0.5, 0.6) is 0 Å². The van der Waals surface area contributed by atoms with Crippen molar-refractivity contribution < 1.29 is 9.21 Å². The fraction of sp³-hybridized carbons (Fsp3) is 0. The van der Waals surface area contributed by atoms with Gasteiger partial charge < -0.3 is 15.9 Å². The van der Waals surface area contributed by atoms with E-state index in [0.29, 0.717) is 0 Å². The number of hydrogen-bond acceptors (Lipinski definition) is 2. The van der Waals surface area contributed by atoms with E-state index in [1.165, 1.54) is 18.6 Å². The fourth-order valence-electron chi connectivity index (χ4n) is 0.702. The van der Waals surface area contributed by atoms with E-state index in [2.05, 4.69) is 4.99 Å². The first kappa shape index (κ1) is 9.05. The van der Waals surface area contributed by atoms with E-state index >= 15 is 0 Å². The van der Waals surface area contributed by atoms with Gasteiger partial charge in [-0.05, 0) is 12.1 Å². The summed E-state index contributed by atoms with van der Waals surface area (Å²) in [6.45, 7) is 0. The summed E-state index contributed by atoms with van der Waals surface area (Å²) in [5.74, 6) is -0.747. The van der Waals surface area contributed by atoms with E-state index in [1.807, 2.05) is 0 Å². The van der Waals surface area contributed by atoms with Crippen LogP contribution in [0.3, 0.4) is 0 Å². The van der Waals surface area contributed by atoms with Crippen molar-refractivity contribution in [1.82, 2.24) is 0 Å². The molecule has 68 valence electrons. The quantitative estimate of drug-likeness (QED) is 0.382. The van der Waals surface area contributed by atoms with Crippen LogP contribution >= 0.6 is 0 Å². The van der Waals surface area contributed by atoms with Gasteiger partial charge in [0.1, 0.15) is 0 Å². The molecule has 0 aliphatic carbocycles. The van der Waals surface area contributed by atoms with Crippen molar-refractivity contribution in [2.24, 2.45) is 16.5 Å². The normalized spacial score (nSPS) is 10.2. The number of hydrogen-bond donors (Lipinski definition) is 2. The monoisotopic (exact) mass is 179 g/mol. The minimum atomic E-state index is -0.499. The number of aliphatic imine (C=N–C) groups is 1. The number of guanidine groups is 1. The first-order valence-corrected chi connectivity index (χ1v) is 3.52. The summed E-state index contributed by atoms with van der Waals surface area (Å²) in [6, 6.07) is 1.71. The largest absolute Gasteiger partial charge is 0.472 e. The lowest BCUT2D eigenvalue weighted by atomic mass is 10.3. The van der Waals surface area contributed by atoms with Gasteiger partial charge in [-0.15, -0.1) is 0 Å². The zero-order valence-corrected chi connectivity index (χ0v) is 6.81. The predicted octanol–water partition coefficient (Wildman–Crippen LogP) is 0.0928. The average Bonchev–Trinajstić information content (AvgIpc) is 2.51. The van der Waals surface area contributed by atoms with Gasteiger partial charge in [0, 0.05) is 11.6 Å². The Labute approximate surface area is 74.7 Å². The van der Waals surface area contributed by atoms with E-state index < -0.39 is 5.91 Å². The number of nitrogens with zero attached hydrogens (tertiary/aromatic N) is 1. The van der Waals surface area contributed by atoms with E-state index in [-0.39, 0.29) is 5.96 Å². The summed E-state index contributed by atoms with van der Waals surface area (Å²) in [6.07, 6.45) is 5.81. The Morgan fingerprint density at radius 3 is 2.85 bits per heavy atom. The Balaban J connectivity index is 2.59. The van der Waals surface area contributed by atoms with Gasteiger partial charge in [-0.25, -0.2) is 0 Å². The topological polar surface area (TPSA) is 94.6 Å². The zero-order valence-electron chi connectivity index (χ0n) is 6.81. The highest BCUT2D eigenvalue weighted by Crippen LogP contribution is 2.01. The van der Waals surface area contributed by atoms with E-state index in [4.69, 9.17) is 15.9 Å². The standard InChI is InChI=1S/C8H9N3O2/c9-8(10)11-7(12)2-1-6-3-4-13-5-6/h1-5H,(H4,9,10,11,12)/b2-1+. The molecule has 1 heterocycles. The van der Waals surface area contributed by atoms with Crippen LogP contribution in [-0.4, -0.2) is 11.9 Å². The van der Waals surface area contributed by atoms with Gasteiger partial charge >= 0.3 is 0 Å². The maximum atomic E-state index is 10.9. The highest BCUT2D eigenvalue weighted by Gasteiger charge is 1.92. The molecule has 4 N–H and O–H groups in total. The third-order valence-corrected chi connectivity index (χ3v) is 1.20. The summed E-state index contributed by atoms with van der Waals surface area (Å²) >= 11 is 0. The molecule has 1 aromatic rings. The first-order valence-electron chi connectivity index (χ1n) is 3.52. The van der Waals surface area contributed by atoms with Crippen molar-refractivity contribution in [3.8, 4) is 0 Å². The molecule has 0 spiro atoms. The highest BCUT2D eigenvalue weighted by molar-refractivity contribution is 5.99. The predicted molar refractivity (Wildman–Crippen MR) is 48.6 cm³/mol. The molecule has 0 saturated carbocycles. The van der Waals surface area contributed by atoms with Crippen LogP contribution in [0.1, 0.15) is 5.56 Å². The van der Waals surface area contributed by atoms with Crippen LogP contribution in [-0.2, 0) is 4.79 Å². The molecule has 0 radical (unpaired) electrons. The molecule has 5 heteroatoms. The highest BCUT2D eigenvalue weighted by atomic mass is 16.3. The van der Waals surface area contributed by atoms with Crippen LogP contribution in [0, 0.1) is 0 Å². The summed E-state index contributed by atoms with van der Waals surface area (Å²) < 4.78 is 4.78. The van der Waals surface area contributed by atoms with Crippen LogP contribution in [0.2, 0.25) is 0 Å². The molecule has 1 aromatic heterocycles. The zero-order chi connectivity index (χ0) is 9.68. The van der Waals surface area contributed by atoms with Crippen LogP contribution in [0.4, 0.5) is 0 Å². The van der Waals surface area contributed by atoms with E-state index in [9.17, 15) is 4.79 Å². The average molecular weight is 179 g/mol. The van der Waals surface area contributed by atoms with Crippen molar-refractivity contribution in [3.63, 3.8) is 0 Å². The molecule has 1 rings (SSSR count). The van der Waals surface area contributed by atoms with E-state index in [1.54, 1.807) is 12.1 Å². The lowest BCUT2D eigenvalue weighted by Gasteiger charge is -1.85. The van der Waals surface area contributed by atoms with Crippen LogP contribution in [0.15, 0.2) is 34.1 Å². The van der Waals surface area contributed by atoms with Gasteiger partial charge in [0.2, 0.25) is 0 Å². The molecular weight excluding hydrogens is 170 g/mol. The van der Waals surface area contributed by atoms with Gasteiger partial charge in [-0.3, -0.25) is 4.79 Å². The molecule has 0 aromatic carbocycles. The van der Waals surface area contributed by atoms with Crippen molar-refractivity contribution in [1.29, 1.82) is 0 Å². The van der Waals surface area contributed by atoms with E-state index in [0.717, 1.165) is 5.56 Å². The maximum absolute atomic E-state index is 10.9. The molecule has 13 heavy (non-hydrogen) atoms. The first-order chi connectivity index (χ1) is 6.18. The third-order valence-electron chi connectivity index (χ3n) is 1.20. The molecule has 0 aliphatic heterocycles. The molecule has 0 fully saturated rings. The molecule has 0 aliphatic rings. The van der Waals surface area contributed by atoms with Crippen molar-refractivity contribution in [2.75, 3.05) is 0 Å². The second-order valence-corrected chi connectivity index (χ2v) is 2.26. The Bertz CT molecular complexity index is 334. The van der Waals surface area contributed by atoms with Gasteiger partial charge in [-0.1, -0.05) is 0 Å². The Kier molecular flexibility index (Phi) is 2.86. The molecule has 5 nitrogen and oxygen atoms in total. The summed E-state index contributed by atoms with van der Waals surface area (Å²) in [5.41, 5.74) is 10.8. The second kappa shape index (κ2) is 4.10. The third kappa shape index (κ3) is 3.24. The Morgan fingerprint density at radius 1 is 1.54 bits per heavy atom. The molecule has 0 unspecified atom stereocenters. The van der Waals surface area contributed by atoms with Gasteiger partial charge in [0.25, 0.3) is 5.91 Å².